The van der Waals surface area contributed by atoms with Gasteiger partial charge >= 0.3 is 5.63 Å². The van der Waals surface area contributed by atoms with Crippen LogP contribution in [0.3, 0.4) is 0 Å². The number of hydrogen-bond donors (Lipinski definition) is 2. The standard InChI is InChI=1S/C15H16O7/c1-15(2,18)10(16)6-19-14-12-8(3-4-11(17)22-12)5-9-13(14)21-7-20-9/h3-5,10,16,18H,6-7H2,1-2H3. The van der Waals surface area contributed by atoms with Gasteiger partial charge in [0.15, 0.2) is 11.3 Å². The van der Waals surface area contributed by atoms with E-state index in [1.165, 1.54) is 19.9 Å². The summed E-state index contributed by atoms with van der Waals surface area (Å²) in [5, 5.41) is 20.2. The van der Waals surface area contributed by atoms with Gasteiger partial charge in [-0.25, -0.2) is 4.79 Å². The average Bonchev–Trinajstić information content (AvgIpc) is 2.90. The number of aliphatic hydroxyl groups is 2. The first-order chi connectivity index (χ1) is 10.4. The molecule has 0 bridgehead atoms. The maximum Gasteiger partial charge on any atom is 0.336 e. The molecule has 1 aromatic carbocycles. The zero-order valence-electron chi connectivity index (χ0n) is 12.2. The molecule has 1 aromatic heterocycles. The molecule has 2 N–H and O–H groups in total. The van der Waals surface area contributed by atoms with Crippen molar-refractivity contribution < 1.29 is 28.8 Å². The lowest BCUT2D eigenvalue weighted by Gasteiger charge is -2.24. The summed E-state index contributed by atoms with van der Waals surface area (Å²) in [4.78, 5) is 11.4. The van der Waals surface area contributed by atoms with Crippen LogP contribution < -0.4 is 19.8 Å². The third kappa shape index (κ3) is 2.60. The van der Waals surface area contributed by atoms with Crippen molar-refractivity contribution in [1.82, 2.24) is 0 Å². The summed E-state index contributed by atoms with van der Waals surface area (Å²) in [6.45, 7) is 2.76. The first kappa shape index (κ1) is 14.7. The minimum absolute atomic E-state index is 0.0281. The van der Waals surface area contributed by atoms with E-state index in [0.29, 0.717) is 16.9 Å². The molecule has 1 aliphatic rings. The molecular formula is C15H16O7. The lowest BCUT2D eigenvalue weighted by molar-refractivity contribution is -0.0663. The van der Waals surface area contributed by atoms with Gasteiger partial charge in [0.1, 0.15) is 12.7 Å². The van der Waals surface area contributed by atoms with E-state index in [9.17, 15) is 15.0 Å². The molecule has 0 saturated carbocycles. The highest BCUT2D eigenvalue weighted by atomic mass is 16.7. The van der Waals surface area contributed by atoms with Crippen LogP contribution in [0.4, 0.5) is 0 Å². The predicted octanol–water partition coefficient (Wildman–Crippen LogP) is 1.03. The lowest BCUT2D eigenvalue weighted by Crippen LogP contribution is -2.40. The smallest absolute Gasteiger partial charge is 0.336 e. The van der Waals surface area contributed by atoms with Crippen LogP contribution in [0.2, 0.25) is 0 Å². The highest BCUT2D eigenvalue weighted by Gasteiger charge is 2.28. The second-order valence-electron chi connectivity index (χ2n) is 5.59. The van der Waals surface area contributed by atoms with E-state index in [2.05, 4.69) is 0 Å². The van der Waals surface area contributed by atoms with Crippen molar-refractivity contribution in [2.75, 3.05) is 13.4 Å². The van der Waals surface area contributed by atoms with Crippen molar-refractivity contribution in [3.63, 3.8) is 0 Å². The molecule has 0 aliphatic carbocycles. The maximum atomic E-state index is 11.4. The van der Waals surface area contributed by atoms with Gasteiger partial charge in [-0.3, -0.25) is 0 Å². The van der Waals surface area contributed by atoms with Crippen LogP contribution in [0.15, 0.2) is 27.4 Å². The van der Waals surface area contributed by atoms with Gasteiger partial charge < -0.3 is 28.8 Å². The molecule has 1 unspecified atom stereocenters. The van der Waals surface area contributed by atoms with E-state index in [4.69, 9.17) is 18.6 Å². The van der Waals surface area contributed by atoms with E-state index >= 15 is 0 Å². The van der Waals surface area contributed by atoms with Crippen LogP contribution in [-0.2, 0) is 0 Å². The first-order valence-corrected chi connectivity index (χ1v) is 6.76. The van der Waals surface area contributed by atoms with Gasteiger partial charge in [-0.15, -0.1) is 0 Å². The summed E-state index contributed by atoms with van der Waals surface area (Å²) >= 11 is 0. The Kier molecular flexibility index (Phi) is 3.46. The summed E-state index contributed by atoms with van der Waals surface area (Å²) in [5.74, 6) is 0.949. The van der Waals surface area contributed by atoms with Crippen LogP contribution in [0.1, 0.15) is 13.8 Å². The monoisotopic (exact) mass is 308 g/mol. The molecule has 0 radical (unpaired) electrons. The summed E-state index contributed by atoms with van der Waals surface area (Å²) in [5.41, 5.74) is -1.65. The number of aliphatic hydroxyl groups excluding tert-OH is 1. The Morgan fingerprint density at radius 1 is 1.36 bits per heavy atom. The van der Waals surface area contributed by atoms with Gasteiger partial charge in [0.25, 0.3) is 0 Å². The Morgan fingerprint density at radius 3 is 2.86 bits per heavy atom. The molecule has 0 saturated heterocycles. The zero-order valence-corrected chi connectivity index (χ0v) is 12.2. The number of rotatable bonds is 4. The fraction of sp³-hybridized carbons (Fsp3) is 0.400. The van der Waals surface area contributed by atoms with Crippen molar-refractivity contribution in [2.24, 2.45) is 0 Å². The molecular weight excluding hydrogens is 292 g/mol. The normalized spacial score (nSPS) is 15.1. The molecule has 7 heteroatoms. The van der Waals surface area contributed by atoms with E-state index in [1.807, 2.05) is 0 Å². The molecule has 2 aromatic rings. The van der Waals surface area contributed by atoms with Crippen LogP contribution in [0.25, 0.3) is 11.0 Å². The molecule has 3 rings (SSSR count). The third-order valence-corrected chi connectivity index (χ3v) is 3.41. The average molecular weight is 308 g/mol. The largest absolute Gasteiger partial charge is 0.483 e. The van der Waals surface area contributed by atoms with Crippen molar-refractivity contribution in [3.8, 4) is 17.2 Å². The van der Waals surface area contributed by atoms with Gasteiger partial charge in [-0.2, -0.15) is 0 Å². The van der Waals surface area contributed by atoms with E-state index in [-0.39, 0.29) is 24.7 Å². The van der Waals surface area contributed by atoms with Crippen molar-refractivity contribution in [1.29, 1.82) is 0 Å². The number of hydrogen-bond acceptors (Lipinski definition) is 7. The zero-order chi connectivity index (χ0) is 15.9. The van der Waals surface area contributed by atoms with Crippen LogP contribution >= 0.6 is 0 Å². The number of fused-ring (bicyclic) bond motifs is 2. The van der Waals surface area contributed by atoms with Gasteiger partial charge in [-0.1, -0.05) is 0 Å². The Bertz CT molecular complexity index is 757. The topological polar surface area (TPSA) is 98.4 Å². The van der Waals surface area contributed by atoms with Crippen molar-refractivity contribution in [3.05, 3.63) is 28.6 Å². The first-order valence-electron chi connectivity index (χ1n) is 6.76. The molecule has 2 heterocycles. The molecule has 7 nitrogen and oxygen atoms in total. The van der Waals surface area contributed by atoms with E-state index < -0.39 is 17.3 Å². The molecule has 0 spiro atoms. The predicted molar refractivity (Wildman–Crippen MR) is 76.4 cm³/mol. The Hall–Kier alpha value is -2.25. The van der Waals surface area contributed by atoms with Crippen molar-refractivity contribution in [2.45, 2.75) is 25.6 Å². The van der Waals surface area contributed by atoms with Gasteiger partial charge in [0.05, 0.1) is 5.60 Å². The van der Waals surface area contributed by atoms with E-state index in [0.717, 1.165) is 0 Å². The second-order valence-corrected chi connectivity index (χ2v) is 5.59. The van der Waals surface area contributed by atoms with Gasteiger partial charge in [0, 0.05) is 11.5 Å². The minimum atomic E-state index is -1.33. The number of benzene rings is 1. The highest BCUT2D eigenvalue weighted by molar-refractivity contribution is 5.88. The quantitative estimate of drug-likeness (QED) is 0.814. The Balaban J connectivity index is 2.03. The van der Waals surface area contributed by atoms with Crippen molar-refractivity contribution >= 4 is 11.0 Å². The fourth-order valence-corrected chi connectivity index (χ4v) is 2.03. The lowest BCUT2D eigenvalue weighted by atomic mass is 10.0. The maximum absolute atomic E-state index is 11.4. The van der Waals surface area contributed by atoms with Crippen LogP contribution in [-0.4, -0.2) is 35.3 Å². The molecule has 0 fully saturated rings. The summed E-state index contributed by atoms with van der Waals surface area (Å²) < 4.78 is 21.4. The SMILES string of the molecule is CC(C)(O)C(O)COc1c2c(cc3ccc(=O)oc13)OCO2. The van der Waals surface area contributed by atoms with Gasteiger partial charge in [0.2, 0.25) is 18.3 Å². The minimum Gasteiger partial charge on any atom is -0.483 e. The fourth-order valence-electron chi connectivity index (χ4n) is 2.03. The van der Waals surface area contributed by atoms with Gasteiger partial charge in [-0.05, 0) is 26.0 Å². The van der Waals surface area contributed by atoms with Crippen LogP contribution in [0.5, 0.6) is 17.2 Å². The Labute approximate surface area is 125 Å². The highest BCUT2D eigenvalue weighted by Crippen LogP contribution is 2.46. The third-order valence-electron chi connectivity index (χ3n) is 3.41. The Morgan fingerprint density at radius 2 is 2.14 bits per heavy atom. The molecule has 1 atom stereocenters. The molecule has 22 heavy (non-hydrogen) atoms. The summed E-state index contributed by atoms with van der Waals surface area (Å²) in [7, 11) is 0. The summed E-state index contributed by atoms with van der Waals surface area (Å²) in [6.07, 6.45) is -1.13. The second kappa shape index (κ2) is 5.19. The number of ether oxygens (including phenoxy) is 3. The summed E-state index contributed by atoms with van der Waals surface area (Å²) in [6, 6.07) is 4.56. The molecule has 0 amide bonds. The molecule has 1 aliphatic heterocycles. The van der Waals surface area contributed by atoms with Crippen LogP contribution in [0, 0.1) is 0 Å². The molecule has 118 valence electrons. The van der Waals surface area contributed by atoms with E-state index in [1.54, 1.807) is 12.1 Å².